The predicted octanol–water partition coefficient (Wildman–Crippen LogP) is 4.90. The number of benzene rings is 3. The van der Waals surface area contributed by atoms with Crippen LogP contribution >= 0.6 is 11.8 Å². The summed E-state index contributed by atoms with van der Waals surface area (Å²) in [6.45, 7) is 9.99. The summed E-state index contributed by atoms with van der Waals surface area (Å²) in [5.74, 6) is 0.889. The molecule has 0 amide bonds. The molecule has 2 aromatic heterocycles. The minimum atomic E-state index is -0.265. The van der Waals surface area contributed by atoms with Gasteiger partial charge in [-0.1, -0.05) is 37.3 Å². The van der Waals surface area contributed by atoms with Gasteiger partial charge in [0.05, 0.1) is 35.9 Å². The standard InChI is InChI=1S/C36H43N9O2S/c1-4-28(2)45-35(46)43(27-39-45)32-12-10-30(11-13-32)41-20-22-42(23-21-41)31-14-16-33(17-15-31)47-25-34-24-40(3)36(48-34,26-44-37-18-19-38-44)29-8-6-5-7-9-29/h5-19,27-28,34H,4,20-26H2,1-3H3/t28?,34-,36+/m1/s1. The Kier molecular flexibility index (Phi) is 9.27. The first-order valence-electron chi connectivity index (χ1n) is 16.7. The van der Waals surface area contributed by atoms with E-state index in [1.807, 2.05) is 30.8 Å². The second-order valence-corrected chi connectivity index (χ2v) is 14.2. The molecule has 0 N–H and O–H groups in total. The molecule has 11 nitrogen and oxygen atoms in total. The Morgan fingerprint density at radius 2 is 1.46 bits per heavy atom. The van der Waals surface area contributed by atoms with Gasteiger partial charge in [0.2, 0.25) is 0 Å². The van der Waals surface area contributed by atoms with Crippen molar-refractivity contribution in [1.82, 2.24) is 34.2 Å². The van der Waals surface area contributed by atoms with E-state index in [9.17, 15) is 4.79 Å². The van der Waals surface area contributed by atoms with Crippen molar-refractivity contribution in [2.24, 2.45) is 0 Å². The molecule has 0 bridgehead atoms. The number of piperazine rings is 1. The quantitative estimate of drug-likeness (QED) is 0.196. The number of nitrogens with zero attached hydrogens (tertiary/aromatic N) is 9. The van der Waals surface area contributed by atoms with E-state index in [1.165, 1.54) is 11.3 Å². The average Bonchev–Trinajstić information content (AvgIpc) is 3.87. The van der Waals surface area contributed by atoms with E-state index in [-0.39, 0.29) is 16.6 Å². The van der Waals surface area contributed by atoms with Crippen LogP contribution in [0.1, 0.15) is 31.9 Å². The first-order chi connectivity index (χ1) is 23.4. The maximum Gasteiger partial charge on any atom is 0.350 e. The third kappa shape index (κ3) is 6.46. The summed E-state index contributed by atoms with van der Waals surface area (Å²) in [5.41, 5.74) is 4.36. The van der Waals surface area contributed by atoms with Gasteiger partial charge in [0.1, 0.15) is 23.6 Å². The highest BCUT2D eigenvalue weighted by atomic mass is 32.2. The van der Waals surface area contributed by atoms with Crippen molar-refractivity contribution in [2.45, 2.75) is 43.0 Å². The molecule has 48 heavy (non-hydrogen) atoms. The molecule has 3 atom stereocenters. The lowest BCUT2D eigenvalue weighted by Crippen LogP contribution is -2.46. The van der Waals surface area contributed by atoms with Gasteiger partial charge >= 0.3 is 5.69 Å². The largest absolute Gasteiger partial charge is 0.492 e. The van der Waals surface area contributed by atoms with Gasteiger partial charge in [-0.3, -0.25) is 4.90 Å². The summed E-state index contributed by atoms with van der Waals surface area (Å²) in [4.78, 5) is 21.6. The molecule has 2 aliphatic heterocycles. The molecule has 0 spiro atoms. The molecule has 4 heterocycles. The van der Waals surface area contributed by atoms with Gasteiger partial charge in [0, 0.05) is 44.1 Å². The molecule has 1 unspecified atom stereocenters. The number of anilines is 2. The SMILES string of the molecule is CCC(C)n1ncn(-c2ccc(N3CCN(c4ccc(OC[C@H]5CN(C)[C@](Cn6nccn6)(c6ccccc6)S5)cc4)CC3)cc2)c1=O. The lowest BCUT2D eigenvalue weighted by molar-refractivity contribution is 0.188. The van der Waals surface area contributed by atoms with Crippen molar-refractivity contribution in [3.8, 4) is 11.4 Å². The average molecular weight is 666 g/mol. The van der Waals surface area contributed by atoms with Crippen LogP contribution < -0.4 is 20.2 Å². The maximum absolute atomic E-state index is 12.8. The first-order valence-corrected chi connectivity index (χ1v) is 17.6. The Morgan fingerprint density at radius 3 is 2.08 bits per heavy atom. The highest BCUT2D eigenvalue weighted by Gasteiger charge is 2.47. The van der Waals surface area contributed by atoms with Crippen LogP contribution in [0.25, 0.3) is 5.69 Å². The Bertz CT molecular complexity index is 1820. The zero-order valence-corrected chi connectivity index (χ0v) is 28.6. The van der Waals surface area contributed by atoms with E-state index in [0.29, 0.717) is 18.4 Å². The molecule has 0 aliphatic carbocycles. The fourth-order valence-electron chi connectivity index (χ4n) is 6.65. The van der Waals surface area contributed by atoms with Gasteiger partial charge in [-0.2, -0.15) is 20.1 Å². The summed E-state index contributed by atoms with van der Waals surface area (Å²) in [5, 5.41) is 13.4. The topological polar surface area (TPSA) is 89.5 Å². The number of ether oxygens (including phenoxy) is 1. The van der Waals surface area contributed by atoms with Crippen molar-refractivity contribution in [1.29, 1.82) is 0 Å². The highest BCUT2D eigenvalue weighted by molar-refractivity contribution is 8.01. The highest BCUT2D eigenvalue weighted by Crippen LogP contribution is 2.48. The normalized spacial score (nSPS) is 20.7. The van der Waals surface area contributed by atoms with E-state index in [4.69, 9.17) is 4.74 Å². The Balaban J connectivity index is 0.926. The fraction of sp³-hybridized carbons (Fsp3) is 0.389. The van der Waals surface area contributed by atoms with Crippen molar-refractivity contribution in [3.05, 3.63) is 114 Å². The third-order valence-electron chi connectivity index (χ3n) is 9.62. The molecule has 12 heteroatoms. The van der Waals surface area contributed by atoms with Gasteiger partial charge in [-0.25, -0.2) is 14.0 Å². The van der Waals surface area contributed by atoms with Crippen LogP contribution in [0.3, 0.4) is 0 Å². The van der Waals surface area contributed by atoms with E-state index >= 15 is 0 Å². The summed E-state index contributed by atoms with van der Waals surface area (Å²) in [6, 6.07) is 27.5. The summed E-state index contributed by atoms with van der Waals surface area (Å²) in [6.07, 6.45) is 5.95. The molecule has 2 fully saturated rings. The third-order valence-corrected chi connectivity index (χ3v) is 11.3. The maximum atomic E-state index is 12.8. The number of rotatable bonds is 11. The van der Waals surface area contributed by atoms with Crippen molar-refractivity contribution in [3.63, 3.8) is 0 Å². The Labute approximate surface area is 285 Å². The zero-order valence-electron chi connectivity index (χ0n) is 27.8. The van der Waals surface area contributed by atoms with Gasteiger partial charge in [0.25, 0.3) is 0 Å². The molecule has 250 valence electrons. The van der Waals surface area contributed by atoms with Crippen LogP contribution in [0.2, 0.25) is 0 Å². The zero-order chi connectivity index (χ0) is 33.1. The smallest absolute Gasteiger partial charge is 0.350 e. The fourth-order valence-corrected chi connectivity index (χ4v) is 8.36. The number of hydrogen-bond acceptors (Lipinski definition) is 9. The van der Waals surface area contributed by atoms with Gasteiger partial charge in [-0.05, 0) is 74.5 Å². The molecule has 2 saturated heterocycles. The minimum absolute atomic E-state index is 0.0783. The predicted molar refractivity (Wildman–Crippen MR) is 191 cm³/mol. The minimum Gasteiger partial charge on any atom is -0.492 e. The Hall–Kier alpha value is -4.55. The molecule has 2 aliphatic rings. The molecular formula is C36H43N9O2S. The molecule has 7 rings (SSSR count). The van der Waals surface area contributed by atoms with Gasteiger partial charge in [0.15, 0.2) is 0 Å². The van der Waals surface area contributed by atoms with Crippen LogP contribution in [0.5, 0.6) is 5.75 Å². The van der Waals surface area contributed by atoms with E-state index in [0.717, 1.165) is 56.3 Å². The Morgan fingerprint density at radius 1 is 0.854 bits per heavy atom. The summed E-state index contributed by atoms with van der Waals surface area (Å²) < 4.78 is 9.52. The van der Waals surface area contributed by atoms with E-state index < -0.39 is 0 Å². The van der Waals surface area contributed by atoms with Crippen molar-refractivity contribution in [2.75, 3.05) is 56.2 Å². The van der Waals surface area contributed by atoms with Crippen molar-refractivity contribution >= 4 is 23.1 Å². The monoisotopic (exact) mass is 665 g/mol. The second kappa shape index (κ2) is 13.9. The lowest BCUT2D eigenvalue weighted by Gasteiger charge is -2.37. The summed E-state index contributed by atoms with van der Waals surface area (Å²) in [7, 11) is 2.18. The van der Waals surface area contributed by atoms with Crippen LogP contribution in [0, 0.1) is 0 Å². The number of likely N-dealkylation sites (N-methyl/N-ethyl adjacent to an activating group) is 1. The van der Waals surface area contributed by atoms with Crippen LogP contribution in [-0.2, 0) is 11.4 Å². The van der Waals surface area contributed by atoms with Gasteiger partial charge in [-0.15, -0.1) is 11.8 Å². The molecule has 5 aromatic rings. The molecule has 0 saturated carbocycles. The van der Waals surface area contributed by atoms with E-state index in [2.05, 4.69) is 111 Å². The van der Waals surface area contributed by atoms with E-state index in [1.54, 1.807) is 32.8 Å². The molecular weight excluding hydrogens is 623 g/mol. The van der Waals surface area contributed by atoms with Crippen LogP contribution in [0.4, 0.5) is 11.4 Å². The number of aromatic nitrogens is 6. The van der Waals surface area contributed by atoms with Crippen molar-refractivity contribution < 1.29 is 4.74 Å². The number of thioether (sulfide) groups is 1. The van der Waals surface area contributed by atoms with Gasteiger partial charge < -0.3 is 14.5 Å². The number of hydrogen-bond donors (Lipinski definition) is 0. The second-order valence-electron chi connectivity index (χ2n) is 12.6. The van der Waals surface area contributed by atoms with Crippen LogP contribution in [-0.4, -0.2) is 85.9 Å². The molecule has 0 radical (unpaired) electrons. The first kappa shape index (κ1) is 32.0. The molecule has 3 aromatic carbocycles. The summed E-state index contributed by atoms with van der Waals surface area (Å²) >= 11 is 1.93. The lowest BCUT2D eigenvalue weighted by atomic mass is 10.0. The van der Waals surface area contributed by atoms with Crippen LogP contribution in [0.15, 0.2) is 102 Å².